The Balaban J connectivity index is 1.54. The minimum absolute atomic E-state index is 0.148. The van der Waals surface area contributed by atoms with Crippen molar-refractivity contribution in [2.75, 3.05) is 5.75 Å². The van der Waals surface area contributed by atoms with Gasteiger partial charge in [0.05, 0.1) is 0 Å². The fourth-order valence-electron chi connectivity index (χ4n) is 3.65. The lowest BCUT2D eigenvalue weighted by Crippen LogP contribution is -2.12. The van der Waals surface area contributed by atoms with Crippen molar-refractivity contribution < 1.29 is 0 Å². The summed E-state index contributed by atoms with van der Waals surface area (Å²) >= 11 is 2.04. The van der Waals surface area contributed by atoms with Crippen LogP contribution in [-0.2, 0) is 0 Å². The minimum atomic E-state index is 0.148. The van der Waals surface area contributed by atoms with E-state index in [9.17, 15) is 0 Å². The molecule has 98 valence electrons. The predicted octanol–water partition coefficient (Wildman–Crippen LogP) is 4.23. The minimum Gasteiger partial charge on any atom is -0.324 e. The summed E-state index contributed by atoms with van der Waals surface area (Å²) in [6.07, 6.45) is 6.03. The number of thioether (sulfide) groups is 1. The Morgan fingerprint density at radius 1 is 1.22 bits per heavy atom. The van der Waals surface area contributed by atoms with Gasteiger partial charge in [0.25, 0.3) is 0 Å². The van der Waals surface area contributed by atoms with Crippen molar-refractivity contribution in [2.24, 2.45) is 23.5 Å². The van der Waals surface area contributed by atoms with E-state index in [2.05, 4.69) is 24.3 Å². The van der Waals surface area contributed by atoms with Crippen LogP contribution < -0.4 is 5.73 Å². The van der Waals surface area contributed by atoms with Crippen LogP contribution in [0, 0.1) is 17.8 Å². The molecule has 1 nitrogen and oxygen atoms in total. The molecule has 2 aliphatic rings. The molecule has 0 aliphatic heterocycles. The first kappa shape index (κ1) is 12.6. The molecule has 2 fully saturated rings. The molecule has 0 heterocycles. The summed E-state index contributed by atoms with van der Waals surface area (Å²) in [5.74, 6) is 4.42. The van der Waals surface area contributed by atoms with Crippen molar-refractivity contribution in [3.05, 3.63) is 29.8 Å². The summed E-state index contributed by atoms with van der Waals surface area (Å²) in [4.78, 5) is 1.40. The van der Waals surface area contributed by atoms with Gasteiger partial charge < -0.3 is 5.73 Å². The molecule has 0 amide bonds. The number of hydrogen-bond acceptors (Lipinski definition) is 2. The van der Waals surface area contributed by atoms with Crippen molar-refractivity contribution in [3.8, 4) is 0 Å². The monoisotopic (exact) mass is 261 g/mol. The third kappa shape index (κ3) is 2.60. The van der Waals surface area contributed by atoms with Gasteiger partial charge in [0.15, 0.2) is 0 Å². The first-order chi connectivity index (χ1) is 8.72. The van der Waals surface area contributed by atoms with Crippen molar-refractivity contribution in [1.82, 2.24) is 0 Å². The summed E-state index contributed by atoms with van der Waals surface area (Å²) in [6, 6.07) is 8.96. The van der Waals surface area contributed by atoms with Crippen LogP contribution in [0.2, 0.25) is 0 Å². The fraction of sp³-hybridized carbons (Fsp3) is 0.625. The quantitative estimate of drug-likeness (QED) is 0.821. The second-order valence-corrected chi connectivity index (χ2v) is 7.20. The first-order valence-corrected chi connectivity index (χ1v) is 8.19. The molecule has 0 spiro atoms. The third-order valence-electron chi connectivity index (χ3n) is 4.75. The standard InChI is InChI=1S/C16H23NS/c1-11(17)13-4-6-16(7-5-13)18-10-15-9-12-2-3-14(15)8-12/h4-7,11-12,14-15H,2-3,8-10,17H2,1H3. The van der Waals surface area contributed by atoms with Crippen LogP contribution >= 0.6 is 11.8 Å². The van der Waals surface area contributed by atoms with Gasteiger partial charge in [0.1, 0.15) is 0 Å². The maximum absolute atomic E-state index is 5.87. The fourth-order valence-corrected chi connectivity index (χ4v) is 4.79. The van der Waals surface area contributed by atoms with E-state index >= 15 is 0 Å². The van der Waals surface area contributed by atoms with Crippen LogP contribution in [0.1, 0.15) is 44.2 Å². The summed E-state index contributed by atoms with van der Waals surface area (Å²) in [7, 11) is 0. The predicted molar refractivity (Wildman–Crippen MR) is 78.7 cm³/mol. The summed E-state index contributed by atoms with van der Waals surface area (Å²) in [5, 5.41) is 0. The van der Waals surface area contributed by atoms with Gasteiger partial charge in [0, 0.05) is 16.7 Å². The molecule has 4 atom stereocenters. The van der Waals surface area contributed by atoms with Gasteiger partial charge >= 0.3 is 0 Å². The smallest absolute Gasteiger partial charge is 0.0266 e. The lowest BCUT2D eigenvalue weighted by Gasteiger charge is -2.21. The number of rotatable bonds is 4. The molecule has 2 bridgehead atoms. The van der Waals surface area contributed by atoms with Crippen LogP contribution in [0.4, 0.5) is 0 Å². The Hall–Kier alpha value is -0.470. The number of benzene rings is 1. The maximum atomic E-state index is 5.87. The van der Waals surface area contributed by atoms with Crippen molar-refractivity contribution in [3.63, 3.8) is 0 Å². The highest BCUT2D eigenvalue weighted by Gasteiger charge is 2.38. The van der Waals surface area contributed by atoms with Gasteiger partial charge in [-0.1, -0.05) is 18.6 Å². The third-order valence-corrected chi connectivity index (χ3v) is 5.95. The summed E-state index contributed by atoms with van der Waals surface area (Å²) in [5.41, 5.74) is 7.11. The van der Waals surface area contributed by atoms with E-state index in [1.54, 1.807) is 0 Å². The Bertz CT molecular complexity index is 398. The highest BCUT2D eigenvalue weighted by atomic mass is 32.2. The van der Waals surface area contributed by atoms with Gasteiger partial charge in [-0.05, 0) is 61.6 Å². The average molecular weight is 261 g/mol. The molecule has 0 saturated heterocycles. The Morgan fingerprint density at radius 3 is 2.56 bits per heavy atom. The van der Waals surface area contributed by atoms with E-state index in [0.29, 0.717) is 0 Å². The second-order valence-electron chi connectivity index (χ2n) is 6.10. The number of fused-ring (bicyclic) bond motifs is 2. The zero-order valence-corrected chi connectivity index (χ0v) is 12.0. The van der Waals surface area contributed by atoms with Crippen LogP contribution in [-0.4, -0.2) is 5.75 Å². The number of hydrogen-bond donors (Lipinski definition) is 1. The molecule has 1 aromatic carbocycles. The molecule has 2 N–H and O–H groups in total. The Labute approximate surface area is 115 Å². The van der Waals surface area contributed by atoms with Gasteiger partial charge in [-0.25, -0.2) is 0 Å². The van der Waals surface area contributed by atoms with E-state index in [-0.39, 0.29) is 6.04 Å². The van der Waals surface area contributed by atoms with Crippen molar-refractivity contribution in [2.45, 2.75) is 43.5 Å². The summed E-state index contributed by atoms with van der Waals surface area (Å²) in [6.45, 7) is 2.04. The van der Waals surface area contributed by atoms with E-state index in [1.165, 1.54) is 41.9 Å². The van der Waals surface area contributed by atoms with E-state index in [0.717, 1.165) is 17.8 Å². The van der Waals surface area contributed by atoms with E-state index in [4.69, 9.17) is 5.73 Å². The van der Waals surface area contributed by atoms with Crippen LogP contribution in [0.5, 0.6) is 0 Å². The zero-order chi connectivity index (χ0) is 12.5. The highest BCUT2D eigenvalue weighted by molar-refractivity contribution is 7.99. The molecule has 0 radical (unpaired) electrons. The zero-order valence-electron chi connectivity index (χ0n) is 11.1. The van der Waals surface area contributed by atoms with Crippen LogP contribution in [0.3, 0.4) is 0 Å². The van der Waals surface area contributed by atoms with Crippen molar-refractivity contribution in [1.29, 1.82) is 0 Å². The lowest BCUT2D eigenvalue weighted by molar-refractivity contribution is 0.365. The highest BCUT2D eigenvalue weighted by Crippen LogP contribution is 2.49. The topological polar surface area (TPSA) is 26.0 Å². The largest absolute Gasteiger partial charge is 0.324 e. The van der Waals surface area contributed by atoms with Crippen LogP contribution in [0.15, 0.2) is 29.2 Å². The molecule has 2 aliphatic carbocycles. The molecular formula is C16H23NS. The maximum Gasteiger partial charge on any atom is 0.0266 e. The molecule has 2 heteroatoms. The SMILES string of the molecule is CC(N)c1ccc(SCC2CC3CCC2C3)cc1. The van der Waals surface area contributed by atoms with Crippen LogP contribution in [0.25, 0.3) is 0 Å². The first-order valence-electron chi connectivity index (χ1n) is 7.20. The second kappa shape index (κ2) is 5.26. The molecule has 3 rings (SSSR count). The number of nitrogens with two attached hydrogens (primary N) is 1. The summed E-state index contributed by atoms with van der Waals surface area (Å²) < 4.78 is 0. The van der Waals surface area contributed by atoms with Gasteiger partial charge in [-0.3, -0.25) is 0 Å². The lowest BCUT2D eigenvalue weighted by atomic mass is 9.90. The Kier molecular flexibility index (Phi) is 3.67. The van der Waals surface area contributed by atoms with Crippen molar-refractivity contribution >= 4 is 11.8 Å². The Morgan fingerprint density at radius 2 is 2.00 bits per heavy atom. The van der Waals surface area contributed by atoms with E-state index < -0.39 is 0 Å². The molecule has 0 aromatic heterocycles. The van der Waals surface area contributed by atoms with Gasteiger partial charge in [0.2, 0.25) is 0 Å². The van der Waals surface area contributed by atoms with Gasteiger partial charge in [-0.2, -0.15) is 0 Å². The molecule has 2 saturated carbocycles. The van der Waals surface area contributed by atoms with Gasteiger partial charge in [-0.15, -0.1) is 11.8 Å². The van der Waals surface area contributed by atoms with E-state index in [1.807, 2.05) is 18.7 Å². The molecular weight excluding hydrogens is 238 g/mol. The molecule has 18 heavy (non-hydrogen) atoms. The molecule has 4 unspecified atom stereocenters. The molecule has 1 aromatic rings. The normalized spacial score (nSPS) is 31.8. The average Bonchev–Trinajstić information content (AvgIpc) is 2.99.